The van der Waals surface area contributed by atoms with Crippen LogP contribution in [0.2, 0.25) is 0 Å². The second kappa shape index (κ2) is 12.0. The predicted molar refractivity (Wildman–Crippen MR) is 158 cm³/mol. The minimum atomic E-state index is -0.766. The number of fused-ring (bicyclic) bond motifs is 1. The third-order valence-electron chi connectivity index (χ3n) is 8.63. The molecule has 7 nitrogen and oxygen atoms in total. The molecule has 38 heavy (non-hydrogen) atoms. The third kappa shape index (κ3) is 5.12. The molecule has 8 atom stereocenters. The Hall–Kier alpha value is -1.32. The highest BCUT2D eigenvalue weighted by Crippen LogP contribution is 2.68. The van der Waals surface area contributed by atoms with Crippen molar-refractivity contribution in [3.63, 3.8) is 0 Å². The van der Waals surface area contributed by atoms with Gasteiger partial charge >= 0.3 is 0 Å². The second-order valence-corrected chi connectivity index (χ2v) is 14.7. The van der Waals surface area contributed by atoms with Crippen molar-refractivity contribution in [2.75, 3.05) is 26.2 Å². The number of likely N-dealkylation sites (tertiary alicyclic amines) is 1. The number of rotatable bonds is 12. The topological polar surface area (TPSA) is 81.2 Å². The third-order valence-corrected chi connectivity index (χ3v) is 11.9. The Bertz CT molecular complexity index is 939. The van der Waals surface area contributed by atoms with E-state index in [1.165, 1.54) is 0 Å². The van der Waals surface area contributed by atoms with E-state index < -0.39 is 34.2 Å². The van der Waals surface area contributed by atoms with Gasteiger partial charge in [-0.05, 0) is 39.5 Å². The van der Waals surface area contributed by atoms with Crippen molar-refractivity contribution in [3.8, 4) is 0 Å². The molecule has 3 aliphatic heterocycles. The summed E-state index contributed by atoms with van der Waals surface area (Å²) < 4.78 is -0.745. The summed E-state index contributed by atoms with van der Waals surface area (Å²) in [6.45, 7) is 20.9. The van der Waals surface area contributed by atoms with Crippen molar-refractivity contribution in [1.29, 1.82) is 0 Å². The molecule has 2 bridgehead atoms. The van der Waals surface area contributed by atoms with Crippen molar-refractivity contribution in [3.05, 3.63) is 25.3 Å². The smallest absolute Gasteiger partial charge is 0.247 e. The lowest BCUT2D eigenvalue weighted by atomic mass is 9.70. The fourth-order valence-electron chi connectivity index (χ4n) is 6.70. The van der Waals surface area contributed by atoms with Crippen LogP contribution in [0.5, 0.6) is 0 Å². The molecular weight excluding hydrogens is 566 g/mol. The predicted octanol–water partition coefficient (Wildman–Crippen LogP) is 4.10. The van der Waals surface area contributed by atoms with Gasteiger partial charge < -0.3 is 19.8 Å². The Morgan fingerprint density at radius 2 is 1.87 bits per heavy atom. The number of carbonyl (C=O) groups is 3. The summed E-state index contributed by atoms with van der Waals surface area (Å²) in [4.78, 5) is 48.4. The lowest BCUT2D eigenvalue weighted by molar-refractivity contribution is -0.149. The summed E-state index contributed by atoms with van der Waals surface area (Å²) >= 11 is 5.50. The van der Waals surface area contributed by atoms with E-state index in [4.69, 9.17) is 0 Å². The van der Waals surface area contributed by atoms with E-state index in [1.807, 2.05) is 41.5 Å². The van der Waals surface area contributed by atoms with E-state index in [9.17, 15) is 19.5 Å². The van der Waals surface area contributed by atoms with Gasteiger partial charge in [-0.15, -0.1) is 24.9 Å². The fraction of sp³-hybridized carbons (Fsp3) is 0.759. The van der Waals surface area contributed by atoms with Gasteiger partial charge in [0.25, 0.3) is 0 Å². The van der Waals surface area contributed by atoms with E-state index in [1.54, 1.807) is 38.6 Å². The average molecular weight is 613 g/mol. The molecule has 3 aliphatic rings. The summed E-state index contributed by atoms with van der Waals surface area (Å²) in [6, 6.07) is -1.27. The molecular formula is C29H46BrN3O4S. The van der Waals surface area contributed by atoms with Crippen molar-refractivity contribution in [1.82, 2.24) is 14.7 Å². The van der Waals surface area contributed by atoms with Crippen LogP contribution in [0.1, 0.15) is 60.8 Å². The first-order chi connectivity index (χ1) is 17.9. The molecule has 0 radical (unpaired) electrons. The molecule has 3 heterocycles. The summed E-state index contributed by atoms with van der Waals surface area (Å²) in [6.07, 6.45) is 5.63. The van der Waals surface area contributed by atoms with Crippen molar-refractivity contribution in [2.24, 2.45) is 17.8 Å². The van der Waals surface area contributed by atoms with Crippen LogP contribution in [0.15, 0.2) is 25.3 Å². The number of hydrogen-bond acceptors (Lipinski definition) is 5. The van der Waals surface area contributed by atoms with Crippen LogP contribution in [0, 0.1) is 17.8 Å². The van der Waals surface area contributed by atoms with E-state index in [0.717, 1.165) is 12.8 Å². The summed E-state index contributed by atoms with van der Waals surface area (Å²) in [5.74, 6) is -1.49. The molecule has 0 aromatic heterocycles. The number of aliphatic hydroxyl groups excluding tert-OH is 1. The number of carbonyl (C=O) groups excluding carboxylic acids is 3. The zero-order valence-electron chi connectivity index (χ0n) is 23.9. The standard InChI is InChI=1S/C29H46BrN3O4S/c1-9-13-31(14-10-2)25(35)21-22-26(36)33(20(17-34)18(5)12-4)24(29(22)16-19(30)23(21)38-29)27(37)32(15-11-3)28(6,7)8/h9,11,18-24,34H,1,3,10,12-17H2,2,4-8H3/t18-,19?,20-,21+,22-,23+,24?,29?/m0/s1. The highest BCUT2D eigenvalue weighted by atomic mass is 79.9. The van der Waals surface area contributed by atoms with Crippen LogP contribution in [-0.4, -0.2) is 96.2 Å². The molecule has 1 spiro atoms. The summed E-state index contributed by atoms with van der Waals surface area (Å²) in [5.41, 5.74) is -0.494. The number of aliphatic hydroxyl groups is 1. The molecule has 0 aromatic rings. The van der Waals surface area contributed by atoms with Gasteiger partial charge in [-0.3, -0.25) is 14.4 Å². The minimum absolute atomic E-state index is 0.00613. The minimum Gasteiger partial charge on any atom is -0.394 e. The lowest BCUT2D eigenvalue weighted by Gasteiger charge is -2.44. The Balaban J connectivity index is 2.19. The van der Waals surface area contributed by atoms with Gasteiger partial charge in [0.15, 0.2) is 0 Å². The van der Waals surface area contributed by atoms with Crippen molar-refractivity contribution >= 4 is 45.4 Å². The molecule has 3 unspecified atom stereocenters. The van der Waals surface area contributed by atoms with Crippen LogP contribution in [-0.2, 0) is 14.4 Å². The Labute approximate surface area is 241 Å². The first-order valence-corrected chi connectivity index (χ1v) is 15.7. The van der Waals surface area contributed by atoms with Gasteiger partial charge in [0.2, 0.25) is 17.7 Å². The van der Waals surface area contributed by atoms with E-state index in [2.05, 4.69) is 29.1 Å². The monoisotopic (exact) mass is 611 g/mol. The van der Waals surface area contributed by atoms with Crippen LogP contribution in [0.4, 0.5) is 0 Å². The molecule has 1 N–H and O–H groups in total. The molecule has 0 aliphatic carbocycles. The van der Waals surface area contributed by atoms with Crippen LogP contribution in [0.3, 0.4) is 0 Å². The van der Waals surface area contributed by atoms with Gasteiger partial charge in [-0.25, -0.2) is 0 Å². The van der Waals surface area contributed by atoms with Gasteiger partial charge in [-0.1, -0.05) is 55.3 Å². The maximum Gasteiger partial charge on any atom is 0.247 e. The average Bonchev–Trinajstić information content (AvgIpc) is 3.45. The number of alkyl halides is 1. The van der Waals surface area contributed by atoms with E-state index >= 15 is 0 Å². The molecule has 214 valence electrons. The largest absolute Gasteiger partial charge is 0.394 e. The maximum atomic E-state index is 14.6. The van der Waals surface area contributed by atoms with Crippen molar-refractivity contribution < 1.29 is 19.5 Å². The zero-order valence-corrected chi connectivity index (χ0v) is 26.3. The van der Waals surface area contributed by atoms with E-state index in [-0.39, 0.29) is 40.3 Å². The van der Waals surface area contributed by atoms with Crippen LogP contribution >= 0.6 is 27.7 Å². The maximum absolute atomic E-state index is 14.6. The number of amides is 3. The normalized spacial score (nSPS) is 31.6. The van der Waals surface area contributed by atoms with Gasteiger partial charge in [0.05, 0.1) is 29.2 Å². The van der Waals surface area contributed by atoms with Crippen LogP contribution < -0.4 is 0 Å². The first-order valence-electron chi connectivity index (χ1n) is 13.9. The highest BCUT2D eigenvalue weighted by Gasteiger charge is 2.76. The Morgan fingerprint density at radius 1 is 1.24 bits per heavy atom. The lowest BCUT2D eigenvalue weighted by Crippen LogP contribution is -2.61. The molecule has 0 aromatic carbocycles. The van der Waals surface area contributed by atoms with Gasteiger partial charge in [0.1, 0.15) is 6.04 Å². The van der Waals surface area contributed by atoms with Crippen molar-refractivity contribution in [2.45, 2.75) is 93.3 Å². The SMILES string of the molecule is C=CCN(CCC)C(=O)[C@H]1[C@@H]2SC3(CC2Br)C(C(=O)N(CC=C)C(C)(C)C)N([C@@H](CO)[C@@H](C)CC)C(=O)[C@H]13. The number of halogens is 1. The fourth-order valence-corrected chi connectivity index (χ4v) is 10.3. The number of hydrogen-bond donors (Lipinski definition) is 1. The number of thioether (sulfide) groups is 1. The van der Waals surface area contributed by atoms with Crippen LogP contribution in [0.25, 0.3) is 0 Å². The highest BCUT2D eigenvalue weighted by molar-refractivity contribution is 9.09. The summed E-state index contributed by atoms with van der Waals surface area (Å²) in [7, 11) is 0. The molecule has 9 heteroatoms. The van der Waals surface area contributed by atoms with Gasteiger partial charge in [-0.2, -0.15) is 0 Å². The Morgan fingerprint density at radius 3 is 2.37 bits per heavy atom. The zero-order chi connectivity index (χ0) is 28.6. The van der Waals surface area contributed by atoms with E-state index in [0.29, 0.717) is 26.1 Å². The quantitative estimate of drug-likeness (QED) is 0.265. The molecule has 3 fully saturated rings. The molecule has 3 saturated heterocycles. The molecule has 3 amide bonds. The first kappa shape index (κ1) is 31.2. The molecule has 3 rings (SSSR count). The summed E-state index contributed by atoms with van der Waals surface area (Å²) in [5, 5.41) is 10.5. The Kier molecular flexibility index (Phi) is 9.90. The second-order valence-electron chi connectivity index (χ2n) is 12.0. The van der Waals surface area contributed by atoms with Gasteiger partial charge in [0, 0.05) is 35.3 Å². The molecule has 0 saturated carbocycles. The number of nitrogens with zero attached hydrogens (tertiary/aromatic N) is 3.